The monoisotopic (exact) mass is 306 g/mol. The summed E-state index contributed by atoms with van der Waals surface area (Å²) in [7, 11) is 1.59. The minimum absolute atomic E-state index is 0.0689. The van der Waals surface area contributed by atoms with E-state index in [0.717, 1.165) is 16.2 Å². The summed E-state index contributed by atoms with van der Waals surface area (Å²) in [5.41, 5.74) is 4.11. The van der Waals surface area contributed by atoms with Crippen molar-refractivity contribution in [1.29, 1.82) is 0 Å². The number of hydrogen-bond acceptors (Lipinski definition) is 4. The standard InChI is InChI=1S/C15H18N2O3S/c1-10-8-15(18)17-16-13(10)6-4-11-9-12(21(3)19)5-7-14(11)20-2/h4-7,9-10H,8H2,1-3H3,(H,17,18). The molecule has 21 heavy (non-hydrogen) atoms. The first-order chi connectivity index (χ1) is 10.0. The molecule has 1 aliphatic heterocycles. The number of methoxy groups -OCH3 is 1. The Balaban J connectivity index is 2.27. The molecule has 0 aliphatic carbocycles. The van der Waals surface area contributed by atoms with Crippen LogP contribution in [0.3, 0.4) is 0 Å². The van der Waals surface area contributed by atoms with Gasteiger partial charge in [-0.15, -0.1) is 0 Å². The zero-order valence-corrected chi connectivity index (χ0v) is 13.1. The molecular weight excluding hydrogens is 288 g/mol. The van der Waals surface area contributed by atoms with E-state index >= 15 is 0 Å². The van der Waals surface area contributed by atoms with E-state index in [1.165, 1.54) is 0 Å². The summed E-state index contributed by atoms with van der Waals surface area (Å²) in [6.45, 7) is 1.96. The number of carbonyl (C=O) groups is 1. The molecule has 6 heteroatoms. The van der Waals surface area contributed by atoms with Crippen molar-refractivity contribution >= 4 is 28.9 Å². The van der Waals surface area contributed by atoms with Gasteiger partial charge in [0.05, 0.1) is 12.8 Å². The molecule has 1 amide bonds. The van der Waals surface area contributed by atoms with Gasteiger partial charge in [-0.2, -0.15) is 5.10 Å². The molecule has 0 fully saturated rings. The second-order valence-electron chi connectivity index (χ2n) is 4.87. The molecule has 0 radical (unpaired) electrons. The largest absolute Gasteiger partial charge is 0.612 e. The number of amides is 1. The van der Waals surface area contributed by atoms with E-state index in [1.807, 2.05) is 25.1 Å². The Kier molecular flexibility index (Phi) is 5.03. The Bertz CT molecular complexity index is 597. The first-order valence-corrected chi connectivity index (χ1v) is 8.13. The summed E-state index contributed by atoms with van der Waals surface area (Å²) >= 11 is -1.05. The minimum atomic E-state index is -1.05. The molecule has 0 spiro atoms. The molecule has 5 nitrogen and oxygen atoms in total. The molecule has 1 heterocycles. The summed E-state index contributed by atoms with van der Waals surface area (Å²) in [4.78, 5) is 12.0. The van der Waals surface area contributed by atoms with Gasteiger partial charge in [-0.05, 0) is 35.5 Å². The zero-order chi connectivity index (χ0) is 15.4. The number of rotatable bonds is 4. The van der Waals surface area contributed by atoms with Crippen molar-refractivity contribution in [3.8, 4) is 5.75 Å². The SMILES string of the molecule is COc1ccc([S+](C)[O-])cc1C=CC1=NNC(=O)CC1C. The van der Waals surface area contributed by atoms with E-state index in [1.54, 1.807) is 25.5 Å². The average molecular weight is 306 g/mol. The molecule has 1 aliphatic rings. The van der Waals surface area contributed by atoms with Gasteiger partial charge in [0.1, 0.15) is 12.0 Å². The number of carbonyl (C=O) groups excluding carboxylic acids is 1. The van der Waals surface area contributed by atoms with Crippen molar-refractivity contribution in [2.75, 3.05) is 13.4 Å². The van der Waals surface area contributed by atoms with E-state index in [9.17, 15) is 9.35 Å². The van der Waals surface area contributed by atoms with Crippen molar-refractivity contribution < 1.29 is 14.1 Å². The number of ether oxygens (including phenoxy) is 1. The number of nitrogens with zero attached hydrogens (tertiary/aromatic N) is 1. The van der Waals surface area contributed by atoms with Crippen molar-refractivity contribution in [3.63, 3.8) is 0 Å². The Hall–Kier alpha value is -1.79. The Morgan fingerprint density at radius 1 is 1.48 bits per heavy atom. The van der Waals surface area contributed by atoms with Crippen molar-refractivity contribution in [1.82, 2.24) is 5.43 Å². The van der Waals surface area contributed by atoms with Gasteiger partial charge in [-0.25, -0.2) is 5.43 Å². The van der Waals surface area contributed by atoms with Gasteiger partial charge in [0.2, 0.25) is 5.91 Å². The Morgan fingerprint density at radius 2 is 2.24 bits per heavy atom. The van der Waals surface area contributed by atoms with Gasteiger partial charge in [0.15, 0.2) is 4.90 Å². The van der Waals surface area contributed by atoms with Gasteiger partial charge < -0.3 is 9.29 Å². The van der Waals surface area contributed by atoms with Crippen LogP contribution in [-0.4, -0.2) is 29.5 Å². The lowest BCUT2D eigenvalue weighted by Gasteiger charge is -2.16. The number of allylic oxidation sites excluding steroid dienone is 1. The fourth-order valence-electron chi connectivity index (χ4n) is 2.06. The first-order valence-electron chi connectivity index (χ1n) is 6.57. The summed E-state index contributed by atoms with van der Waals surface area (Å²) in [6, 6.07) is 5.41. The molecule has 0 saturated heterocycles. The van der Waals surface area contributed by atoms with Crippen LogP contribution in [0.2, 0.25) is 0 Å². The zero-order valence-electron chi connectivity index (χ0n) is 12.3. The molecule has 0 bridgehead atoms. The highest BCUT2D eigenvalue weighted by Gasteiger charge is 2.18. The van der Waals surface area contributed by atoms with Crippen molar-refractivity contribution in [3.05, 3.63) is 29.8 Å². The third-order valence-electron chi connectivity index (χ3n) is 3.27. The molecule has 1 N–H and O–H groups in total. The predicted molar refractivity (Wildman–Crippen MR) is 83.7 cm³/mol. The van der Waals surface area contributed by atoms with Crippen LogP contribution in [0.4, 0.5) is 0 Å². The molecule has 1 aromatic carbocycles. The van der Waals surface area contributed by atoms with Crippen LogP contribution in [0.1, 0.15) is 18.9 Å². The average Bonchev–Trinajstić information content (AvgIpc) is 2.46. The Labute approximate surface area is 127 Å². The topological polar surface area (TPSA) is 73.8 Å². The lowest BCUT2D eigenvalue weighted by molar-refractivity contribution is -0.121. The molecule has 112 valence electrons. The molecule has 2 atom stereocenters. The highest BCUT2D eigenvalue weighted by atomic mass is 32.2. The summed E-state index contributed by atoms with van der Waals surface area (Å²) in [5.74, 6) is 0.707. The number of benzene rings is 1. The third kappa shape index (κ3) is 3.86. The van der Waals surface area contributed by atoms with Crippen molar-refractivity contribution in [2.24, 2.45) is 11.0 Å². The summed E-state index contributed by atoms with van der Waals surface area (Å²) in [6.07, 6.45) is 5.78. The van der Waals surface area contributed by atoms with Gasteiger partial charge in [-0.1, -0.05) is 6.92 Å². The van der Waals surface area contributed by atoms with Gasteiger partial charge in [0.25, 0.3) is 0 Å². The normalized spacial score (nSPS) is 20.1. The molecule has 2 unspecified atom stereocenters. The van der Waals surface area contributed by atoms with Crippen LogP contribution in [0.15, 0.2) is 34.3 Å². The van der Waals surface area contributed by atoms with Crippen LogP contribution in [0.25, 0.3) is 6.08 Å². The van der Waals surface area contributed by atoms with E-state index in [4.69, 9.17) is 4.74 Å². The lowest BCUT2D eigenvalue weighted by Crippen LogP contribution is -2.30. The molecular formula is C15H18N2O3S. The van der Waals surface area contributed by atoms with E-state index in [0.29, 0.717) is 12.2 Å². The van der Waals surface area contributed by atoms with Crippen LogP contribution < -0.4 is 10.2 Å². The second-order valence-corrected chi connectivity index (χ2v) is 6.25. The van der Waals surface area contributed by atoms with E-state index in [2.05, 4.69) is 10.5 Å². The predicted octanol–water partition coefficient (Wildman–Crippen LogP) is 1.96. The van der Waals surface area contributed by atoms with Crippen LogP contribution in [-0.2, 0) is 16.0 Å². The maximum Gasteiger partial charge on any atom is 0.240 e. The number of nitrogens with one attached hydrogen (secondary N) is 1. The van der Waals surface area contributed by atoms with Crippen LogP contribution >= 0.6 is 0 Å². The fraction of sp³-hybridized carbons (Fsp3) is 0.333. The molecule has 0 saturated carbocycles. The number of hydrazone groups is 1. The number of hydrogen-bond donors (Lipinski definition) is 1. The first kappa shape index (κ1) is 15.6. The van der Waals surface area contributed by atoms with Gasteiger partial charge >= 0.3 is 0 Å². The van der Waals surface area contributed by atoms with E-state index < -0.39 is 11.2 Å². The highest BCUT2D eigenvalue weighted by Crippen LogP contribution is 2.24. The second kappa shape index (κ2) is 6.78. The Morgan fingerprint density at radius 3 is 2.86 bits per heavy atom. The maximum absolute atomic E-state index is 11.6. The summed E-state index contributed by atoms with van der Waals surface area (Å²) < 4.78 is 16.9. The van der Waals surface area contributed by atoms with Gasteiger partial charge in [0, 0.05) is 24.0 Å². The third-order valence-corrected chi connectivity index (χ3v) is 4.19. The highest BCUT2D eigenvalue weighted by molar-refractivity contribution is 7.90. The maximum atomic E-state index is 11.6. The molecule has 0 aromatic heterocycles. The van der Waals surface area contributed by atoms with Gasteiger partial charge in [-0.3, -0.25) is 4.79 Å². The molecule has 2 rings (SSSR count). The lowest BCUT2D eigenvalue weighted by atomic mass is 9.99. The minimum Gasteiger partial charge on any atom is -0.612 e. The fourth-order valence-corrected chi connectivity index (χ4v) is 2.62. The van der Waals surface area contributed by atoms with Crippen molar-refractivity contribution in [2.45, 2.75) is 18.2 Å². The quantitative estimate of drug-likeness (QED) is 0.864. The summed E-state index contributed by atoms with van der Waals surface area (Å²) in [5, 5.41) is 4.05. The molecule has 1 aromatic rings. The van der Waals surface area contributed by atoms with E-state index in [-0.39, 0.29) is 11.8 Å². The smallest absolute Gasteiger partial charge is 0.240 e. The van der Waals surface area contributed by atoms with Crippen LogP contribution in [0, 0.1) is 5.92 Å². The van der Waals surface area contributed by atoms with Crippen LogP contribution in [0.5, 0.6) is 5.75 Å².